The summed E-state index contributed by atoms with van der Waals surface area (Å²) in [4.78, 5) is 0. The van der Waals surface area contributed by atoms with E-state index in [1.165, 1.54) is 6.92 Å². The minimum atomic E-state index is -4.40. The maximum atomic E-state index is 12.5. The average Bonchev–Trinajstić information content (AvgIpc) is 1.80. The first-order valence-electron chi connectivity index (χ1n) is 3.17. The number of hydrogen-bond acceptors (Lipinski definition) is 1. The lowest BCUT2D eigenvalue weighted by Crippen LogP contribution is -2.09. The van der Waals surface area contributed by atoms with E-state index >= 15 is 0 Å². The highest BCUT2D eigenvalue weighted by Gasteiger charge is 2.30. The number of rotatable bonds is 4. The van der Waals surface area contributed by atoms with E-state index in [0.717, 1.165) is 0 Å². The van der Waals surface area contributed by atoms with Crippen LogP contribution in [0.4, 0.5) is 17.6 Å². The number of hydrogen-bond donors (Lipinski definition) is 0. The molecule has 1 radical (unpaired) electrons. The van der Waals surface area contributed by atoms with Gasteiger partial charge in [-0.15, -0.1) is 11.6 Å². The predicted octanol–water partition coefficient (Wildman–Crippen LogP) is 3.76. The Labute approximate surface area is 77.7 Å². The van der Waals surface area contributed by atoms with Crippen molar-refractivity contribution in [1.82, 2.24) is 0 Å². The highest BCUT2D eigenvalue weighted by molar-refractivity contribution is 8.02. The lowest BCUT2D eigenvalue weighted by Gasteiger charge is -2.09. The second kappa shape index (κ2) is 5.17. The van der Waals surface area contributed by atoms with Crippen molar-refractivity contribution in [3.8, 4) is 0 Å². The predicted molar refractivity (Wildman–Crippen MR) is 42.8 cm³/mol. The van der Waals surface area contributed by atoms with Crippen LogP contribution in [0.3, 0.4) is 0 Å². The molecule has 0 spiro atoms. The SMILES string of the molecule is CC(Cl)CC(F)[CH]SC(F)(F)F. The highest BCUT2D eigenvalue weighted by Crippen LogP contribution is 2.34. The van der Waals surface area contributed by atoms with E-state index < -0.39 is 28.8 Å². The van der Waals surface area contributed by atoms with Crippen LogP contribution < -0.4 is 0 Å². The van der Waals surface area contributed by atoms with E-state index in [0.29, 0.717) is 5.75 Å². The van der Waals surface area contributed by atoms with Crippen LogP contribution in [0.5, 0.6) is 0 Å². The first kappa shape index (κ1) is 12.4. The van der Waals surface area contributed by atoms with Crippen LogP contribution in [0.15, 0.2) is 0 Å². The normalized spacial score (nSPS) is 17.5. The molecule has 0 nitrogen and oxygen atoms in total. The van der Waals surface area contributed by atoms with E-state index in [2.05, 4.69) is 0 Å². The Morgan fingerprint density at radius 2 is 2.00 bits per heavy atom. The average molecular weight is 224 g/mol. The lowest BCUT2D eigenvalue weighted by molar-refractivity contribution is -0.0325. The Balaban J connectivity index is 3.51. The first-order chi connectivity index (χ1) is 5.31. The van der Waals surface area contributed by atoms with Gasteiger partial charge in [-0.2, -0.15) is 13.2 Å². The summed E-state index contributed by atoms with van der Waals surface area (Å²) in [6, 6.07) is 0. The summed E-state index contributed by atoms with van der Waals surface area (Å²) in [5.41, 5.74) is -4.40. The highest BCUT2D eigenvalue weighted by atomic mass is 35.5. The molecular formula is C6H8ClF4S. The molecular weight excluding hydrogens is 216 g/mol. The van der Waals surface area contributed by atoms with E-state index in [1.807, 2.05) is 0 Å². The number of alkyl halides is 5. The molecule has 2 atom stereocenters. The van der Waals surface area contributed by atoms with Crippen molar-refractivity contribution in [2.45, 2.75) is 30.4 Å². The fourth-order valence-corrected chi connectivity index (χ4v) is 1.10. The molecule has 73 valence electrons. The van der Waals surface area contributed by atoms with E-state index in [4.69, 9.17) is 11.6 Å². The maximum absolute atomic E-state index is 12.5. The van der Waals surface area contributed by atoms with Gasteiger partial charge in [-0.1, -0.05) is 0 Å². The Kier molecular flexibility index (Phi) is 5.32. The fourth-order valence-electron chi connectivity index (χ4n) is 0.517. The van der Waals surface area contributed by atoms with Crippen LogP contribution in [0, 0.1) is 5.75 Å². The van der Waals surface area contributed by atoms with Crippen molar-refractivity contribution >= 4 is 23.4 Å². The van der Waals surface area contributed by atoms with Gasteiger partial charge in [0.1, 0.15) is 6.17 Å². The molecule has 0 saturated heterocycles. The third-order valence-electron chi connectivity index (χ3n) is 0.899. The second-order valence-electron chi connectivity index (χ2n) is 2.23. The Hall–Kier alpha value is 0.360. The van der Waals surface area contributed by atoms with Crippen molar-refractivity contribution in [2.24, 2.45) is 0 Å². The van der Waals surface area contributed by atoms with Gasteiger partial charge in [-0.05, 0) is 25.1 Å². The molecule has 0 aliphatic rings. The molecule has 0 fully saturated rings. The molecule has 0 heterocycles. The van der Waals surface area contributed by atoms with Crippen LogP contribution >= 0.6 is 23.4 Å². The zero-order valence-electron chi connectivity index (χ0n) is 6.24. The van der Waals surface area contributed by atoms with Crippen LogP contribution in [0.2, 0.25) is 0 Å². The molecule has 12 heavy (non-hydrogen) atoms. The molecule has 0 aliphatic carbocycles. The molecule has 2 unspecified atom stereocenters. The molecule has 0 saturated carbocycles. The summed E-state index contributed by atoms with van der Waals surface area (Å²) in [5.74, 6) is 0.513. The zero-order chi connectivity index (χ0) is 9.78. The molecule has 6 heteroatoms. The van der Waals surface area contributed by atoms with Crippen LogP contribution in [0.25, 0.3) is 0 Å². The van der Waals surface area contributed by atoms with Crippen molar-refractivity contribution in [1.29, 1.82) is 0 Å². The number of thioether (sulfide) groups is 1. The Bertz CT molecular complexity index is 125. The summed E-state index contributed by atoms with van der Waals surface area (Å²) in [7, 11) is 0. The van der Waals surface area contributed by atoms with Crippen LogP contribution in [-0.4, -0.2) is 17.1 Å². The molecule has 0 aromatic heterocycles. The van der Waals surface area contributed by atoms with Gasteiger partial charge in [0.05, 0.1) is 5.75 Å². The monoisotopic (exact) mass is 223 g/mol. The smallest absolute Gasteiger partial charge is 0.246 e. The second-order valence-corrected chi connectivity index (χ2v) is 3.95. The molecule has 0 aromatic carbocycles. The minimum Gasteiger partial charge on any atom is -0.246 e. The molecule has 0 aromatic rings. The molecule has 0 N–H and O–H groups in total. The van der Waals surface area contributed by atoms with Crippen molar-refractivity contribution in [3.63, 3.8) is 0 Å². The standard InChI is InChI=1S/C6H8ClF4S/c1-4(7)2-5(8)3-12-6(9,10)11/h3-5H,2H2,1H3. The number of halogens is 5. The van der Waals surface area contributed by atoms with Gasteiger partial charge in [0, 0.05) is 5.38 Å². The van der Waals surface area contributed by atoms with Crippen LogP contribution in [0.1, 0.15) is 13.3 Å². The summed E-state index contributed by atoms with van der Waals surface area (Å²) in [6.45, 7) is 1.53. The summed E-state index contributed by atoms with van der Waals surface area (Å²) < 4.78 is 47.0. The minimum absolute atomic E-state index is 0.0926. The third-order valence-corrected chi connectivity index (χ3v) is 1.78. The Morgan fingerprint density at radius 1 is 1.50 bits per heavy atom. The van der Waals surface area contributed by atoms with Crippen LogP contribution in [-0.2, 0) is 0 Å². The van der Waals surface area contributed by atoms with Gasteiger partial charge in [0.15, 0.2) is 0 Å². The topological polar surface area (TPSA) is 0 Å². The quantitative estimate of drug-likeness (QED) is 0.517. The summed E-state index contributed by atoms with van der Waals surface area (Å²) in [5, 5.41) is -0.454. The van der Waals surface area contributed by atoms with Crippen molar-refractivity contribution in [2.75, 3.05) is 0 Å². The van der Waals surface area contributed by atoms with Gasteiger partial charge in [-0.25, -0.2) is 4.39 Å². The van der Waals surface area contributed by atoms with Gasteiger partial charge in [0.25, 0.3) is 0 Å². The Morgan fingerprint density at radius 3 is 2.33 bits per heavy atom. The van der Waals surface area contributed by atoms with Gasteiger partial charge >= 0.3 is 5.51 Å². The third kappa shape index (κ3) is 8.46. The first-order valence-corrected chi connectivity index (χ1v) is 4.49. The fraction of sp³-hybridized carbons (Fsp3) is 0.833. The van der Waals surface area contributed by atoms with Crippen molar-refractivity contribution < 1.29 is 17.6 Å². The molecule has 0 amide bonds. The zero-order valence-corrected chi connectivity index (χ0v) is 7.81. The van der Waals surface area contributed by atoms with Gasteiger partial charge < -0.3 is 0 Å². The molecule has 0 bridgehead atoms. The van der Waals surface area contributed by atoms with E-state index in [-0.39, 0.29) is 6.42 Å². The molecule has 0 aliphatic heterocycles. The maximum Gasteiger partial charge on any atom is 0.442 e. The summed E-state index contributed by atoms with van der Waals surface area (Å²) >= 11 is 4.90. The van der Waals surface area contributed by atoms with Gasteiger partial charge in [-0.3, -0.25) is 0 Å². The largest absolute Gasteiger partial charge is 0.442 e. The summed E-state index contributed by atoms with van der Waals surface area (Å²) in [6.07, 6.45) is -1.70. The van der Waals surface area contributed by atoms with Crippen molar-refractivity contribution in [3.05, 3.63) is 5.75 Å². The van der Waals surface area contributed by atoms with Gasteiger partial charge in [0.2, 0.25) is 0 Å². The lowest BCUT2D eigenvalue weighted by atomic mass is 10.2. The molecule has 0 rings (SSSR count). The van der Waals surface area contributed by atoms with E-state index in [9.17, 15) is 17.6 Å². The van der Waals surface area contributed by atoms with E-state index in [1.54, 1.807) is 0 Å².